The molecule has 0 radical (unpaired) electrons. The summed E-state index contributed by atoms with van der Waals surface area (Å²) in [5, 5.41) is 75.3. The van der Waals surface area contributed by atoms with Gasteiger partial charge in [0.15, 0.2) is 17.9 Å². The number of hydrogen-bond donors (Lipinski definition) is 9. The third kappa shape index (κ3) is 28.8. The molecule has 2 aromatic carbocycles. The summed E-state index contributed by atoms with van der Waals surface area (Å²) >= 11 is 40.6. The van der Waals surface area contributed by atoms with Gasteiger partial charge in [0.25, 0.3) is 0 Å². The minimum atomic E-state index is -0.583. The fourth-order valence-electron chi connectivity index (χ4n) is 10.3. The van der Waals surface area contributed by atoms with Crippen molar-refractivity contribution in [3.8, 4) is 45.6 Å². The lowest BCUT2D eigenvalue weighted by atomic mass is 10.1. The number of hydrogen-bond acceptors (Lipinski definition) is 27. The first-order valence-electron chi connectivity index (χ1n) is 36.7. The molecule has 15 heterocycles. The van der Waals surface area contributed by atoms with Crippen molar-refractivity contribution in [2.75, 3.05) is 14.1 Å². The monoisotopic (exact) mass is 2050 g/mol. The second-order valence-electron chi connectivity index (χ2n) is 26.6. The van der Waals surface area contributed by atoms with E-state index in [0.717, 1.165) is 63.5 Å². The summed E-state index contributed by atoms with van der Waals surface area (Å²) in [4.78, 5) is 81.3. The maximum atomic E-state index is 13.7. The Morgan fingerprint density at radius 1 is 0.623 bits per heavy atom. The lowest BCUT2D eigenvalue weighted by Gasteiger charge is -2.23. The van der Waals surface area contributed by atoms with Gasteiger partial charge in [0, 0.05) is 72.1 Å². The number of pyridine rings is 2. The van der Waals surface area contributed by atoms with Gasteiger partial charge in [-0.3, -0.25) is 39.5 Å². The Bertz CT molecular complexity index is 7030. The topological polar surface area (TPSA) is 402 Å². The van der Waals surface area contributed by atoms with Crippen LogP contribution in [0.2, 0.25) is 21.7 Å². The molecule has 17 rings (SSSR count). The fraction of sp³-hybridized carbons (Fsp3) is 0.171. The standard InChI is InChI=1S/C22H24FN7O2.C16H14FN7.C8H6ClN3OS.C8H5N3OS.C6H4ClNOS.C6H2ClNOS.C6H3N3S.C5H4BrClOS.C5H5ClOS/c1-22(2,3)32-21(31)29(4)12-17-25-20(27-26-17)15-9-10-16-19(24-15)18(28-30(16)5)13-7-6-8-14(23)11-13;1-18-8-13-20-16(24-22-13)12-6-5-11-15(19-12)14(23-21-11)9-3-2-4-10(17)7-9;1-5(13)12-11-4-6-3-7(10-2)14-8(6)9;1-5(12)11-8-6(4-10-11)3-7(9-2)13-8;2*1-8-5-2-4(3-9)6(7)10-5;1-7-5-2-4-3-8-9-6(4)10-5;6-4-1-3(2-8)5(7)9-4;6-5-4(3-7)1-2-8-5/h6-11H,12H2,1-5H3,(H,25,26,27);2-7,18H,8H2,1H3,(H,21,23)(H,20,22,24);3-4H,1H3,(H,12,13);3-4H,1H3;2,9H,3H2;2-3H;2-3H,(H,8,9);1,8H,2H2;1-2,7H,3H2/b;;11-4+;;;;;;. The molecule has 17 aromatic rings. The first kappa shape index (κ1) is 101. The van der Waals surface area contributed by atoms with Crippen LogP contribution in [0.1, 0.15) is 83.7 Å². The van der Waals surface area contributed by atoms with Crippen LogP contribution in [-0.4, -0.2) is 151 Å². The smallest absolute Gasteiger partial charge is 0.410 e. The largest absolute Gasteiger partial charge is 0.444 e. The number of benzene rings is 2. The van der Waals surface area contributed by atoms with Gasteiger partial charge in [0.05, 0.1) is 121 Å². The molecular weight excluding hydrogens is 1980 g/mol. The van der Waals surface area contributed by atoms with E-state index >= 15 is 0 Å². The zero-order valence-corrected chi connectivity index (χ0v) is 79.7. The van der Waals surface area contributed by atoms with Crippen molar-refractivity contribution in [2.45, 2.75) is 73.1 Å². The summed E-state index contributed by atoms with van der Waals surface area (Å²) in [5.74, 6) is 1.07. The third-order valence-corrected chi connectivity index (χ3v) is 25.1. The number of amides is 2. The number of aryl methyl sites for hydroxylation is 1. The van der Waals surface area contributed by atoms with Gasteiger partial charge in [-0.15, -0.1) is 79.4 Å². The minimum Gasteiger partial charge on any atom is -0.444 e. The molecule has 48 heteroatoms. The minimum absolute atomic E-state index is 0.0148. The molecule has 15 aromatic heterocycles. The number of aromatic amines is 4. The van der Waals surface area contributed by atoms with Crippen LogP contribution in [0.3, 0.4) is 0 Å². The van der Waals surface area contributed by atoms with E-state index in [9.17, 15) is 28.0 Å². The molecule has 0 saturated carbocycles. The number of aldehydes is 1. The molecule has 666 valence electrons. The molecule has 0 spiro atoms. The van der Waals surface area contributed by atoms with Gasteiger partial charge in [0.1, 0.15) is 72.4 Å². The number of hydrazone groups is 1. The summed E-state index contributed by atoms with van der Waals surface area (Å²) in [7, 11) is 5.27. The predicted octanol–water partition coefficient (Wildman–Crippen LogP) is 22.9. The number of aliphatic hydroxyl groups excluding tert-OH is 3. The number of nitrogens with zero attached hydrogens (tertiary/aromatic N) is 19. The molecule has 130 heavy (non-hydrogen) atoms. The van der Waals surface area contributed by atoms with Crippen molar-refractivity contribution in [1.82, 2.24) is 95.9 Å². The van der Waals surface area contributed by atoms with Crippen LogP contribution in [0, 0.1) is 44.5 Å². The van der Waals surface area contributed by atoms with E-state index in [-0.39, 0.29) is 49.8 Å². The van der Waals surface area contributed by atoms with Gasteiger partial charge < -0.3 is 30.3 Å². The molecule has 0 aliphatic carbocycles. The first-order valence-corrected chi connectivity index (χ1v) is 45.2. The summed E-state index contributed by atoms with van der Waals surface area (Å²) < 4.78 is 39.3. The molecule has 2 amide bonds. The van der Waals surface area contributed by atoms with Gasteiger partial charge in [-0.2, -0.15) is 40.4 Å². The fourth-order valence-corrected chi connectivity index (χ4v) is 17.9. The number of nitrogens with one attached hydrogen (secondary N) is 6. The maximum Gasteiger partial charge on any atom is 0.410 e. The molecule has 0 aliphatic rings. The molecule has 0 atom stereocenters. The molecule has 33 nitrogen and oxygen atoms in total. The Balaban J connectivity index is 0.000000173. The predicted molar refractivity (Wildman–Crippen MR) is 513 cm³/mol. The van der Waals surface area contributed by atoms with Gasteiger partial charge in [-0.25, -0.2) is 63.2 Å². The highest BCUT2D eigenvalue weighted by Crippen LogP contribution is 2.38. The Hall–Kier alpha value is -12.4. The summed E-state index contributed by atoms with van der Waals surface area (Å²) in [6.45, 7) is 42.5. The van der Waals surface area contributed by atoms with E-state index in [2.05, 4.69) is 122 Å². The quantitative estimate of drug-likeness (QED) is 0.0211. The van der Waals surface area contributed by atoms with E-state index in [1.165, 1.54) is 128 Å². The van der Waals surface area contributed by atoms with Crippen LogP contribution in [0.5, 0.6) is 0 Å². The average molecular weight is 2050 g/mol. The van der Waals surface area contributed by atoms with Crippen LogP contribution in [0.15, 0.2) is 142 Å². The van der Waals surface area contributed by atoms with Crippen molar-refractivity contribution in [2.24, 2.45) is 12.1 Å². The van der Waals surface area contributed by atoms with Crippen molar-refractivity contribution in [3.05, 3.63) is 267 Å². The van der Waals surface area contributed by atoms with Crippen LogP contribution >= 0.6 is 153 Å². The normalized spacial score (nSPS) is 10.5. The number of halogens is 8. The number of rotatable bonds is 14. The number of H-pyrrole nitrogens is 4. The highest BCUT2D eigenvalue weighted by Gasteiger charge is 2.23. The van der Waals surface area contributed by atoms with E-state index in [1.807, 2.05) is 76.6 Å². The van der Waals surface area contributed by atoms with Crippen LogP contribution in [0.25, 0.3) is 112 Å². The van der Waals surface area contributed by atoms with Crippen molar-refractivity contribution >= 4 is 251 Å². The summed E-state index contributed by atoms with van der Waals surface area (Å²) in [6.07, 6.45) is 4.93. The Kier molecular flexibility index (Phi) is 38.1. The van der Waals surface area contributed by atoms with E-state index in [0.29, 0.717) is 139 Å². The molecule has 0 saturated heterocycles. The highest BCUT2D eigenvalue weighted by atomic mass is 79.9. The first-order chi connectivity index (χ1) is 62.2. The zero-order chi connectivity index (χ0) is 94.5. The van der Waals surface area contributed by atoms with Gasteiger partial charge in [0.2, 0.25) is 36.8 Å². The Morgan fingerprint density at radius 3 is 1.69 bits per heavy atom. The van der Waals surface area contributed by atoms with Crippen molar-refractivity contribution in [3.63, 3.8) is 0 Å². The molecule has 0 aliphatic heterocycles. The van der Waals surface area contributed by atoms with Crippen molar-refractivity contribution < 1.29 is 48.0 Å². The maximum absolute atomic E-state index is 13.7. The van der Waals surface area contributed by atoms with E-state index in [1.54, 1.807) is 72.7 Å². The van der Waals surface area contributed by atoms with Gasteiger partial charge in [-0.1, -0.05) is 82.3 Å². The number of aromatic nitrogens is 16. The number of thiophene rings is 7. The molecule has 0 unspecified atom stereocenters. The molecule has 0 bridgehead atoms. The molecule has 0 fully saturated rings. The lowest BCUT2D eigenvalue weighted by molar-refractivity contribution is -0.118. The number of ether oxygens (including phenoxy) is 1. The summed E-state index contributed by atoms with van der Waals surface area (Å²) in [5.41, 5.74) is 11.4. The highest BCUT2D eigenvalue weighted by molar-refractivity contribution is 9.11. The van der Waals surface area contributed by atoms with Crippen LogP contribution in [0.4, 0.5) is 38.6 Å². The molecular formula is C82H67BrCl5F2N25O8S7. The second-order valence-corrected chi connectivity index (χ2v) is 38.1. The number of aliphatic hydroxyl groups is 3. The van der Waals surface area contributed by atoms with Gasteiger partial charge >= 0.3 is 6.09 Å². The van der Waals surface area contributed by atoms with E-state index in [4.69, 9.17) is 116 Å². The average Bonchev–Trinajstić information content (AvgIpc) is 1.64. The van der Waals surface area contributed by atoms with E-state index < -0.39 is 11.7 Å². The second kappa shape index (κ2) is 48.9. The van der Waals surface area contributed by atoms with Crippen LogP contribution in [-0.2, 0) is 49.5 Å². The SMILES string of the molecule is CN(Cc1nc(-c2ccc3c(n2)c(-c2cccc(F)c2)nn3C)n[nH]1)C(=O)OC(C)(C)C.CNCc1nc(-c2ccc3[nH]nc(-c4cccc(F)c4)c3n2)n[nH]1.OCc1cc(Br)sc1Cl.OCc1ccsc1Cl.[C-]#[N+]c1cc(/C=N/NC(C)=O)c(Cl)s1.[C-]#[N+]c1cc(C=O)c(Cl)s1.[C-]#[N+]c1cc(CO)c(Cl)s1.[C-]#[N+]c1cc2cn[nH]c2s1.[C-]#[N+]c1cc2cnn(C(C)=O)c2s1. The number of carbonyl (C=O) groups excluding carboxylic acids is 4. The number of carbonyl (C=O) groups is 4. The Labute approximate surface area is 799 Å². The zero-order valence-electron chi connectivity index (χ0n) is 68.7. The summed E-state index contributed by atoms with van der Waals surface area (Å²) in [6, 6.07) is 31.7. The van der Waals surface area contributed by atoms with Gasteiger partial charge in [-0.05, 0) is 146 Å². The Morgan fingerprint density at radius 2 is 1.18 bits per heavy atom. The number of fused-ring (bicyclic) bond motifs is 4. The van der Waals surface area contributed by atoms with Crippen LogP contribution < -0.4 is 10.7 Å². The van der Waals surface area contributed by atoms with Crippen molar-refractivity contribution in [1.29, 1.82) is 0 Å². The lowest BCUT2D eigenvalue weighted by Crippen LogP contribution is -2.34. The molecule has 9 N–H and O–H groups in total. The third-order valence-electron chi connectivity index (χ3n) is 16.1.